The summed E-state index contributed by atoms with van der Waals surface area (Å²) in [6.45, 7) is 1.95. The van der Waals surface area contributed by atoms with Crippen LogP contribution in [-0.2, 0) is 18.0 Å². The number of hydrogen-bond acceptors (Lipinski definition) is 5. The Bertz CT molecular complexity index is 899. The predicted octanol–water partition coefficient (Wildman–Crippen LogP) is 2.85. The average molecular weight is 422 g/mol. The highest BCUT2D eigenvalue weighted by atomic mass is 19.4. The van der Waals surface area contributed by atoms with E-state index in [9.17, 15) is 18.0 Å². The fraction of sp³-hybridized carbons (Fsp3) is 0.600. The van der Waals surface area contributed by atoms with Crippen LogP contribution in [0.2, 0.25) is 0 Å². The van der Waals surface area contributed by atoms with Crippen molar-refractivity contribution in [3.8, 4) is 0 Å². The molecule has 7 nitrogen and oxygen atoms in total. The number of nitrogens with zero attached hydrogens (tertiary/aromatic N) is 6. The molecule has 0 aliphatic carbocycles. The number of aryl methyl sites for hydroxylation is 1. The number of anilines is 1. The number of likely N-dealkylation sites (tertiary alicyclic amines) is 1. The third kappa shape index (κ3) is 4.13. The summed E-state index contributed by atoms with van der Waals surface area (Å²) in [4.78, 5) is 20.7. The smallest absolute Gasteiger partial charge is 0.355 e. The van der Waals surface area contributed by atoms with E-state index in [1.165, 1.54) is 12.3 Å². The van der Waals surface area contributed by atoms with Gasteiger partial charge in [0.2, 0.25) is 5.91 Å². The van der Waals surface area contributed by atoms with Gasteiger partial charge in [0.05, 0.1) is 11.5 Å². The molecule has 0 bridgehead atoms. The van der Waals surface area contributed by atoms with Crippen LogP contribution in [0.25, 0.3) is 0 Å². The van der Waals surface area contributed by atoms with Gasteiger partial charge in [0.15, 0.2) is 0 Å². The van der Waals surface area contributed by atoms with Crippen molar-refractivity contribution in [3.63, 3.8) is 0 Å². The Morgan fingerprint density at radius 3 is 2.70 bits per heavy atom. The second-order valence-corrected chi connectivity index (χ2v) is 8.08. The van der Waals surface area contributed by atoms with E-state index in [0.717, 1.165) is 24.7 Å². The first-order valence-electron chi connectivity index (χ1n) is 10.2. The Morgan fingerprint density at radius 1 is 1.17 bits per heavy atom. The summed E-state index contributed by atoms with van der Waals surface area (Å²) in [5, 5.41) is 8.11. The second kappa shape index (κ2) is 8.23. The first-order chi connectivity index (χ1) is 14.3. The van der Waals surface area contributed by atoms with Gasteiger partial charge in [-0.2, -0.15) is 13.2 Å². The van der Waals surface area contributed by atoms with Gasteiger partial charge in [-0.25, -0.2) is 4.98 Å². The summed E-state index contributed by atoms with van der Waals surface area (Å²) in [6, 6.07) is 2.34. The standard InChI is InChI=1S/C20H25F3N6O/c1-27-13-25-26-17(27)14-5-3-10-29(11-14)19(30)15-6-4-9-28(12-15)18-16(20(21,22)23)7-2-8-24-18/h2,7-8,13-15H,3-6,9-12H2,1H3/t14-,15+/m1/s1. The summed E-state index contributed by atoms with van der Waals surface area (Å²) in [6.07, 6.45) is 1.69. The second-order valence-electron chi connectivity index (χ2n) is 8.08. The molecule has 2 aromatic rings. The molecule has 2 saturated heterocycles. The molecule has 30 heavy (non-hydrogen) atoms. The van der Waals surface area contributed by atoms with Gasteiger partial charge in [-0.1, -0.05) is 0 Å². The van der Waals surface area contributed by atoms with Crippen molar-refractivity contribution in [2.75, 3.05) is 31.1 Å². The number of carbonyl (C=O) groups is 1. The number of aromatic nitrogens is 4. The quantitative estimate of drug-likeness (QED) is 0.761. The van der Waals surface area contributed by atoms with Crippen LogP contribution in [0.15, 0.2) is 24.7 Å². The number of amides is 1. The fourth-order valence-corrected chi connectivity index (χ4v) is 4.55. The highest BCUT2D eigenvalue weighted by molar-refractivity contribution is 5.80. The molecule has 0 unspecified atom stereocenters. The first-order valence-corrected chi connectivity index (χ1v) is 10.2. The molecule has 0 aromatic carbocycles. The predicted molar refractivity (Wildman–Crippen MR) is 104 cm³/mol. The van der Waals surface area contributed by atoms with Gasteiger partial charge in [0.1, 0.15) is 18.0 Å². The van der Waals surface area contributed by atoms with Crippen LogP contribution in [0.4, 0.5) is 19.0 Å². The van der Waals surface area contributed by atoms with Crippen molar-refractivity contribution in [2.45, 2.75) is 37.8 Å². The molecule has 4 rings (SSSR count). The fourth-order valence-electron chi connectivity index (χ4n) is 4.55. The maximum Gasteiger partial charge on any atom is 0.419 e. The van der Waals surface area contributed by atoms with Crippen molar-refractivity contribution in [3.05, 3.63) is 36.0 Å². The molecule has 0 N–H and O–H groups in total. The Balaban J connectivity index is 1.47. The van der Waals surface area contributed by atoms with E-state index < -0.39 is 11.7 Å². The molecule has 162 valence electrons. The summed E-state index contributed by atoms with van der Waals surface area (Å²) >= 11 is 0. The molecule has 0 radical (unpaired) electrons. The molecule has 2 aromatic heterocycles. The van der Waals surface area contributed by atoms with Crippen LogP contribution < -0.4 is 4.90 Å². The van der Waals surface area contributed by atoms with Crippen LogP contribution in [0.5, 0.6) is 0 Å². The van der Waals surface area contributed by atoms with E-state index in [-0.39, 0.29) is 30.1 Å². The van der Waals surface area contributed by atoms with Gasteiger partial charge >= 0.3 is 6.18 Å². The number of pyridine rings is 1. The highest BCUT2D eigenvalue weighted by Crippen LogP contribution is 2.37. The summed E-state index contributed by atoms with van der Waals surface area (Å²) < 4.78 is 42.1. The molecule has 2 aliphatic heterocycles. The zero-order valence-electron chi connectivity index (χ0n) is 16.8. The lowest BCUT2D eigenvalue weighted by Gasteiger charge is -2.38. The SMILES string of the molecule is Cn1cnnc1[C@@H]1CCCN(C(=O)[C@H]2CCCN(c3ncccc3C(F)(F)F)C2)C1. The van der Waals surface area contributed by atoms with Gasteiger partial charge in [-0.3, -0.25) is 4.79 Å². The summed E-state index contributed by atoms with van der Waals surface area (Å²) in [5.74, 6) is 0.581. The lowest BCUT2D eigenvalue weighted by Crippen LogP contribution is -2.48. The zero-order chi connectivity index (χ0) is 21.3. The topological polar surface area (TPSA) is 67.2 Å². The third-order valence-electron chi connectivity index (χ3n) is 6.01. The molecular weight excluding hydrogens is 397 g/mol. The number of hydrogen-bond donors (Lipinski definition) is 0. The van der Waals surface area contributed by atoms with E-state index in [0.29, 0.717) is 32.5 Å². The van der Waals surface area contributed by atoms with Crippen molar-refractivity contribution < 1.29 is 18.0 Å². The minimum atomic E-state index is -4.48. The number of alkyl halides is 3. The first kappa shape index (κ1) is 20.6. The average Bonchev–Trinajstić information content (AvgIpc) is 3.19. The molecule has 1 amide bonds. The van der Waals surface area contributed by atoms with Gasteiger partial charge < -0.3 is 14.4 Å². The Morgan fingerprint density at radius 2 is 1.97 bits per heavy atom. The molecule has 2 fully saturated rings. The van der Waals surface area contributed by atoms with Crippen LogP contribution in [0.1, 0.15) is 43.0 Å². The maximum absolute atomic E-state index is 13.4. The highest BCUT2D eigenvalue weighted by Gasteiger charge is 2.38. The maximum atomic E-state index is 13.4. The van der Waals surface area contributed by atoms with Crippen molar-refractivity contribution >= 4 is 11.7 Å². The summed E-state index contributed by atoms with van der Waals surface area (Å²) in [7, 11) is 1.89. The van der Waals surface area contributed by atoms with Gasteiger partial charge in [-0.05, 0) is 37.8 Å². The minimum absolute atomic E-state index is 0.0102. The van der Waals surface area contributed by atoms with Crippen LogP contribution >= 0.6 is 0 Å². The van der Waals surface area contributed by atoms with E-state index >= 15 is 0 Å². The molecule has 10 heteroatoms. The van der Waals surface area contributed by atoms with Crippen molar-refractivity contribution in [1.29, 1.82) is 0 Å². The van der Waals surface area contributed by atoms with Gasteiger partial charge in [0, 0.05) is 45.3 Å². The van der Waals surface area contributed by atoms with Crippen molar-refractivity contribution in [1.82, 2.24) is 24.6 Å². The number of piperidine rings is 2. The van der Waals surface area contributed by atoms with Crippen LogP contribution in [0, 0.1) is 5.92 Å². The Hall–Kier alpha value is -2.65. The van der Waals surface area contributed by atoms with Gasteiger partial charge in [-0.15, -0.1) is 10.2 Å². The van der Waals surface area contributed by atoms with Crippen LogP contribution in [-0.4, -0.2) is 56.7 Å². The van der Waals surface area contributed by atoms with Crippen LogP contribution in [0.3, 0.4) is 0 Å². The molecule has 0 spiro atoms. The van der Waals surface area contributed by atoms with E-state index in [4.69, 9.17) is 0 Å². The third-order valence-corrected chi connectivity index (χ3v) is 6.01. The van der Waals surface area contributed by atoms with E-state index in [1.54, 1.807) is 11.2 Å². The number of rotatable bonds is 3. The Labute approximate surface area is 172 Å². The minimum Gasteiger partial charge on any atom is -0.355 e. The summed E-state index contributed by atoms with van der Waals surface area (Å²) in [5.41, 5.74) is -0.751. The van der Waals surface area contributed by atoms with Gasteiger partial charge in [0.25, 0.3) is 0 Å². The van der Waals surface area contributed by atoms with E-state index in [1.807, 2.05) is 16.5 Å². The Kier molecular flexibility index (Phi) is 5.66. The lowest BCUT2D eigenvalue weighted by atomic mass is 9.92. The number of carbonyl (C=O) groups excluding carboxylic acids is 1. The normalized spacial score (nSPS) is 22.9. The molecule has 2 aliphatic rings. The largest absolute Gasteiger partial charge is 0.419 e. The molecule has 2 atom stereocenters. The monoisotopic (exact) mass is 422 g/mol. The lowest BCUT2D eigenvalue weighted by molar-refractivity contribution is -0.137. The van der Waals surface area contributed by atoms with Crippen molar-refractivity contribution in [2.24, 2.45) is 13.0 Å². The molecular formula is C20H25F3N6O. The molecule has 4 heterocycles. The number of halogens is 3. The zero-order valence-corrected chi connectivity index (χ0v) is 16.8. The van der Waals surface area contributed by atoms with E-state index in [2.05, 4.69) is 15.2 Å². The molecule has 0 saturated carbocycles.